The average molecular weight is 2020 g/mol. The fourth-order valence-electron chi connectivity index (χ4n) is 20.0. The van der Waals surface area contributed by atoms with Crippen LogP contribution in [0.25, 0.3) is 0 Å². The lowest BCUT2D eigenvalue weighted by Gasteiger charge is -2.22. The molecule has 3 fully saturated rings. The van der Waals surface area contributed by atoms with Crippen LogP contribution in [0.15, 0.2) is 0 Å². The van der Waals surface area contributed by atoms with Crippen LogP contribution in [0.2, 0.25) is 0 Å². The van der Waals surface area contributed by atoms with Gasteiger partial charge in [0.2, 0.25) is 35.4 Å². The first-order valence-electron chi connectivity index (χ1n) is 62.6. The summed E-state index contributed by atoms with van der Waals surface area (Å²) in [5.74, 6) is 1.89. The number of carbonyl (C=O) groups excluding carboxylic acids is 6. The number of amides is 6. The summed E-state index contributed by atoms with van der Waals surface area (Å²) in [6.07, 6.45) is 111. The van der Waals surface area contributed by atoms with Crippen molar-refractivity contribution in [3.05, 3.63) is 0 Å². The number of nitrogens with one attached hydrogen (secondary N) is 3. The molecule has 142 heavy (non-hydrogen) atoms. The van der Waals surface area contributed by atoms with E-state index in [1.165, 1.54) is 430 Å². The van der Waals surface area contributed by atoms with Crippen LogP contribution in [0, 0.1) is 17.8 Å². The first kappa shape index (κ1) is 143. The van der Waals surface area contributed by atoms with Crippen molar-refractivity contribution in [1.82, 2.24) is 30.7 Å². The van der Waals surface area contributed by atoms with Crippen molar-refractivity contribution in [2.75, 3.05) is 59.3 Å². The highest BCUT2D eigenvalue weighted by Crippen LogP contribution is 2.26. The highest BCUT2D eigenvalue weighted by Gasteiger charge is 2.30. The predicted molar refractivity (Wildman–Crippen MR) is 610 cm³/mol. The fraction of sp³-hybridized carbons (Fsp3) is 0.952. The number of unbranched alkanes of at least 4 members (excludes halogenated alkanes) is 70. The molecule has 0 radical (unpaired) electrons. The Bertz CT molecular complexity index is 2550. The van der Waals surface area contributed by atoms with Gasteiger partial charge in [0.15, 0.2) is 0 Å². The lowest BCUT2D eigenvalue weighted by Crippen LogP contribution is -2.41. The highest BCUT2D eigenvalue weighted by atomic mass is 16.3. The van der Waals surface area contributed by atoms with E-state index in [1.54, 1.807) is 0 Å². The van der Waals surface area contributed by atoms with Gasteiger partial charge in [-0.1, -0.05) is 533 Å². The van der Waals surface area contributed by atoms with Gasteiger partial charge >= 0.3 is 0 Å². The van der Waals surface area contributed by atoms with Crippen LogP contribution >= 0.6 is 0 Å². The van der Waals surface area contributed by atoms with E-state index in [1.807, 2.05) is 56.2 Å². The number of aliphatic hydroxyl groups excluding tert-OH is 6. The summed E-state index contributed by atoms with van der Waals surface area (Å²) in [7, 11) is 0. The molecule has 846 valence electrons. The molecular weight excluding hydrogens is 1770 g/mol. The first-order valence-corrected chi connectivity index (χ1v) is 62.6. The maximum absolute atomic E-state index is 12.1. The van der Waals surface area contributed by atoms with Crippen molar-refractivity contribution in [3.8, 4) is 0 Å². The van der Waals surface area contributed by atoms with Gasteiger partial charge in [0.1, 0.15) is 0 Å². The number of carbonyl (C=O) groups is 6. The third-order valence-electron chi connectivity index (χ3n) is 30.3. The van der Waals surface area contributed by atoms with E-state index in [0.29, 0.717) is 38.5 Å². The van der Waals surface area contributed by atoms with Crippen molar-refractivity contribution in [2.45, 2.75) is 684 Å². The van der Waals surface area contributed by atoms with Gasteiger partial charge in [0, 0.05) is 58.2 Å². The van der Waals surface area contributed by atoms with Gasteiger partial charge in [-0.2, -0.15) is 0 Å². The lowest BCUT2D eigenvalue weighted by atomic mass is 10.0. The zero-order chi connectivity index (χ0) is 105. The Hall–Kier alpha value is -3.42. The van der Waals surface area contributed by atoms with E-state index >= 15 is 0 Å². The van der Waals surface area contributed by atoms with Crippen molar-refractivity contribution in [3.63, 3.8) is 0 Å². The van der Waals surface area contributed by atoms with Crippen molar-refractivity contribution in [2.24, 2.45) is 17.8 Å². The summed E-state index contributed by atoms with van der Waals surface area (Å²) in [6.45, 7) is 28.8. The second-order valence-corrected chi connectivity index (χ2v) is 44.7. The standard InChI is InChI=1S/C23H47NO2.2C21H41NO2.C21H43NO2.C19H37NO2.C19H39NO2/c1-4-5-6-7-8-9-10-11-12-13-14-15-16-17-18-19-23(26)24-22(20-25)21(2)3;2*1-2-3-4-5-6-7-8-9-10-11-12-13-14-17-21(24)22-18-15-16-20(22)19-23;1-4-5-6-7-8-9-10-11-12-13-14-15-16-17-21(24)22-20(18-23)19(2)3;1-2-3-4-5-6-7-8-9-10-11-12-15-19(22)20-16-13-14-18(20)17-21;1-4-5-6-7-8-9-10-11-12-13-14-15-19(22)20-18(16-21)17(2)3/h21-22,25H,4-20H2,1-3H3,(H,24,26);2*20,23H,2-19H2,1H3;19-20,23H,4-18H2,1-3H3,(H,22,24);18,21H,2-17H2,1H3;17-18,21H,4-16H2,1-3H3,(H,20,22)/t22-;3*20-;2*18-/m000000/s1. The molecule has 0 bridgehead atoms. The fourth-order valence-corrected chi connectivity index (χ4v) is 20.0. The van der Waals surface area contributed by atoms with E-state index in [2.05, 4.69) is 57.5 Å². The third-order valence-corrected chi connectivity index (χ3v) is 30.3. The van der Waals surface area contributed by atoms with E-state index < -0.39 is 0 Å². The molecule has 3 aliphatic rings. The molecule has 3 saturated heterocycles. The van der Waals surface area contributed by atoms with Gasteiger partial charge in [0.05, 0.1) is 75.9 Å². The Morgan fingerprint density at radius 3 is 0.451 bits per heavy atom. The quantitative estimate of drug-likeness (QED) is 0.0257. The third kappa shape index (κ3) is 95.0. The molecule has 6 amide bonds. The Morgan fingerprint density at radius 1 is 0.204 bits per heavy atom. The molecule has 18 heteroatoms. The topological polar surface area (TPSA) is 270 Å². The van der Waals surface area contributed by atoms with Gasteiger partial charge in [0.25, 0.3) is 0 Å². The van der Waals surface area contributed by atoms with Gasteiger partial charge in [-0.25, -0.2) is 0 Å². The lowest BCUT2D eigenvalue weighted by molar-refractivity contribution is -0.133. The molecule has 6 atom stereocenters. The summed E-state index contributed by atoms with van der Waals surface area (Å²) < 4.78 is 0. The molecule has 3 aliphatic heterocycles. The minimum absolute atomic E-state index is 0.0294. The SMILES string of the molecule is CCCCCCCCCCCCCC(=O)N1CCC[C@H]1CO.CCCCCCCCCCCCCC(=O)N[C@@H](CO)C(C)C.CCCCCCCCCCCCCCCC(=O)N1CCC[C@H]1CO.CCCCCCCCCCCCCCCC(=O)N1CCC[C@H]1CO.CCCCCCCCCCCCCCCC(=O)N[C@@H](CO)C(C)C.CCCCCCCCCCCCCCCCCC(=O)N[C@@H](CO)C(C)C. The number of hydrogen-bond donors (Lipinski definition) is 9. The summed E-state index contributed by atoms with van der Waals surface area (Å²) in [5.41, 5.74) is 0. The minimum atomic E-state index is -0.0983. The minimum Gasteiger partial charge on any atom is -0.394 e. The van der Waals surface area contributed by atoms with Crippen LogP contribution in [0.1, 0.15) is 648 Å². The van der Waals surface area contributed by atoms with Gasteiger partial charge in [-0.3, -0.25) is 28.8 Å². The Morgan fingerprint density at radius 2 is 0.331 bits per heavy atom. The number of aliphatic hydroxyl groups is 6. The molecule has 9 N–H and O–H groups in total. The molecule has 0 aromatic rings. The van der Waals surface area contributed by atoms with E-state index in [9.17, 15) is 59.4 Å². The van der Waals surface area contributed by atoms with E-state index in [-0.39, 0.29) is 129 Å². The molecule has 0 aromatic carbocycles. The van der Waals surface area contributed by atoms with E-state index in [4.69, 9.17) is 0 Å². The van der Waals surface area contributed by atoms with Gasteiger partial charge in [-0.05, 0) is 94.8 Å². The molecule has 0 aliphatic carbocycles. The summed E-state index contributed by atoms with van der Waals surface area (Å²) in [6, 6.07) is -0.00215. The van der Waals surface area contributed by atoms with Gasteiger partial charge in [-0.15, -0.1) is 0 Å². The molecule has 0 spiro atoms. The predicted octanol–water partition coefficient (Wildman–Crippen LogP) is 32.4. The Kier molecular flexibility index (Phi) is 114. The first-order chi connectivity index (χ1) is 69.2. The monoisotopic (exact) mass is 2010 g/mol. The zero-order valence-electron chi connectivity index (χ0n) is 96.8. The Balaban J connectivity index is -0.00000163. The van der Waals surface area contributed by atoms with Crippen molar-refractivity contribution < 1.29 is 59.4 Å². The smallest absolute Gasteiger partial charge is 0.222 e. The maximum Gasteiger partial charge on any atom is 0.222 e. The number of rotatable bonds is 94. The molecule has 3 rings (SSSR count). The molecule has 18 nitrogen and oxygen atoms in total. The van der Waals surface area contributed by atoms with Crippen molar-refractivity contribution in [1.29, 1.82) is 0 Å². The average Bonchev–Trinajstić information content (AvgIpc) is 1.75. The molecule has 3 heterocycles. The zero-order valence-corrected chi connectivity index (χ0v) is 96.8. The highest BCUT2D eigenvalue weighted by molar-refractivity contribution is 5.78. The van der Waals surface area contributed by atoms with Crippen LogP contribution in [0.3, 0.4) is 0 Å². The van der Waals surface area contributed by atoms with Crippen molar-refractivity contribution >= 4 is 35.4 Å². The molecule has 0 unspecified atom stereocenters. The molecule has 0 saturated carbocycles. The number of likely N-dealkylation sites (tertiary alicyclic amines) is 3. The summed E-state index contributed by atoms with van der Waals surface area (Å²) >= 11 is 0. The number of hydrogen-bond acceptors (Lipinski definition) is 12. The van der Waals surface area contributed by atoms with Crippen LogP contribution in [0.5, 0.6) is 0 Å². The second kappa shape index (κ2) is 113. The van der Waals surface area contributed by atoms with Crippen LogP contribution < -0.4 is 16.0 Å². The number of nitrogens with zero attached hydrogens (tertiary/aromatic N) is 3. The normalized spacial score (nSPS) is 15.1. The van der Waals surface area contributed by atoms with Crippen LogP contribution in [-0.4, -0.2) is 176 Å². The molecular formula is C124H248N6O12. The van der Waals surface area contributed by atoms with Crippen LogP contribution in [-0.2, 0) is 28.8 Å². The largest absolute Gasteiger partial charge is 0.394 e. The van der Waals surface area contributed by atoms with E-state index in [0.717, 1.165) is 116 Å². The molecule has 0 aromatic heterocycles. The summed E-state index contributed by atoms with van der Waals surface area (Å²) in [4.78, 5) is 77.4. The van der Waals surface area contributed by atoms with Gasteiger partial charge < -0.3 is 61.3 Å². The summed E-state index contributed by atoms with van der Waals surface area (Å²) in [5, 5.41) is 64.2. The Labute approximate surface area is 881 Å². The second-order valence-electron chi connectivity index (χ2n) is 44.7. The van der Waals surface area contributed by atoms with Crippen LogP contribution in [0.4, 0.5) is 0 Å². The maximum atomic E-state index is 12.1.